The molecule has 8 atom stereocenters. The largest absolute Gasteiger partial charge is 0.497 e. The fourth-order valence-electron chi connectivity index (χ4n) is 7.57. The van der Waals surface area contributed by atoms with E-state index in [1.54, 1.807) is 31.4 Å². The molecule has 1 aromatic carbocycles. The minimum atomic E-state index is -2.36. The summed E-state index contributed by atoms with van der Waals surface area (Å²) in [5.41, 5.74) is 0.320. The maximum atomic E-state index is 14.1. The number of carbonyl (C=O) groups is 2. The SMILES string of the molecule is CC[Si](CC)(CC)O[C@@H]1[C@@H](OC(=O)c2ccc(OC)cc2)[C@H](O[C@H]2[C@H](O[Si](CC)(CC)CC)COC(O)[C@@H]2OC(C)=O)OC[C@H]1O[Si](CC)(CC)CC. The van der Waals surface area contributed by atoms with Crippen LogP contribution in [0.3, 0.4) is 0 Å². The van der Waals surface area contributed by atoms with E-state index in [0.29, 0.717) is 11.3 Å². The van der Waals surface area contributed by atoms with E-state index in [1.165, 1.54) is 6.92 Å². The zero-order chi connectivity index (χ0) is 39.4. The molecule has 0 aromatic heterocycles. The average molecular weight is 801 g/mol. The van der Waals surface area contributed by atoms with E-state index in [4.69, 9.17) is 41.7 Å². The van der Waals surface area contributed by atoms with Gasteiger partial charge in [-0.3, -0.25) is 4.79 Å². The Kier molecular flexibility index (Phi) is 18.1. The number of carbonyl (C=O) groups excluding carboxylic acids is 2. The first-order valence-corrected chi connectivity index (χ1v) is 27.5. The number of rotatable bonds is 21. The highest BCUT2D eigenvalue weighted by Crippen LogP contribution is 2.38. The molecule has 12 nitrogen and oxygen atoms in total. The van der Waals surface area contributed by atoms with Gasteiger partial charge in [0.15, 0.2) is 49.7 Å². The van der Waals surface area contributed by atoms with Gasteiger partial charge in [0.05, 0.1) is 38.1 Å². The normalized spacial score (nSPS) is 26.9. The van der Waals surface area contributed by atoms with E-state index in [2.05, 4.69) is 62.3 Å². The summed E-state index contributed by atoms with van der Waals surface area (Å²) in [4.78, 5) is 26.5. The van der Waals surface area contributed by atoms with E-state index in [0.717, 1.165) is 54.4 Å². The molecule has 0 bridgehead atoms. The van der Waals surface area contributed by atoms with Gasteiger partial charge in [0.1, 0.15) is 18.0 Å². The van der Waals surface area contributed by atoms with Crippen molar-refractivity contribution in [3.05, 3.63) is 29.8 Å². The molecule has 2 aliphatic rings. The fourth-order valence-corrected chi connectivity index (χ4v) is 16.1. The lowest BCUT2D eigenvalue weighted by atomic mass is 10.0. The van der Waals surface area contributed by atoms with Crippen molar-refractivity contribution in [3.8, 4) is 5.75 Å². The molecule has 15 heteroatoms. The number of esters is 2. The van der Waals surface area contributed by atoms with E-state index >= 15 is 0 Å². The van der Waals surface area contributed by atoms with Crippen LogP contribution in [0.5, 0.6) is 5.75 Å². The van der Waals surface area contributed by atoms with Gasteiger partial charge in [-0.1, -0.05) is 62.3 Å². The summed E-state index contributed by atoms with van der Waals surface area (Å²) in [7, 11) is -5.27. The second-order valence-corrected chi connectivity index (χ2v) is 28.5. The highest BCUT2D eigenvalue weighted by Gasteiger charge is 2.54. The summed E-state index contributed by atoms with van der Waals surface area (Å²) >= 11 is 0. The molecule has 304 valence electrons. The van der Waals surface area contributed by atoms with Gasteiger partial charge >= 0.3 is 11.9 Å². The quantitative estimate of drug-likeness (QED) is 0.0979. The fraction of sp³-hybridized carbons (Fsp3) is 0.789. The molecule has 1 N–H and O–H groups in total. The van der Waals surface area contributed by atoms with E-state index in [9.17, 15) is 14.7 Å². The molecule has 2 heterocycles. The highest BCUT2D eigenvalue weighted by molar-refractivity contribution is 6.74. The summed E-state index contributed by atoms with van der Waals surface area (Å²) in [6.45, 7) is 20.8. The zero-order valence-electron chi connectivity index (χ0n) is 34.1. The molecule has 0 amide bonds. The molecule has 0 radical (unpaired) electrons. The van der Waals surface area contributed by atoms with Gasteiger partial charge in [-0.05, 0) is 78.7 Å². The Labute approximate surface area is 321 Å². The van der Waals surface area contributed by atoms with Crippen LogP contribution in [0.15, 0.2) is 24.3 Å². The van der Waals surface area contributed by atoms with Crippen LogP contribution in [0, 0.1) is 0 Å². The number of hydrogen-bond acceptors (Lipinski definition) is 12. The standard InChI is InChI=1S/C38H68O12Si3/c1-12-51(13-2,14-3)48-30-25-43-37(41)34(45-27(10)39)32(30)47-38-35(46-36(40)28-21-23-29(42-11)24-22-28)33(50-53(18-7,19-8)20-9)31(26-44-38)49-52(15-4,16-5)17-6/h21-24,30-35,37-38,41H,12-20,25-26H2,1-11H3/t30-,31-,32+,33+,34-,35-,37?,38+/m1/s1. The Balaban J connectivity index is 2.19. The van der Waals surface area contributed by atoms with Crippen LogP contribution in [0.2, 0.25) is 54.4 Å². The first-order valence-electron chi connectivity index (χ1n) is 19.9. The summed E-state index contributed by atoms with van der Waals surface area (Å²) < 4.78 is 57.9. The van der Waals surface area contributed by atoms with Crippen molar-refractivity contribution < 1.29 is 56.4 Å². The topological polar surface area (TPSA) is 137 Å². The number of aliphatic hydroxyl groups is 1. The summed E-state index contributed by atoms with van der Waals surface area (Å²) in [6.07, 6.45) is -7.90. The predicted molar refractivity (Wildman–Crippen MR) is 211 cm³/mol. The van der Waals surface area contributed by atoms with Crippen LogP contribution in [0.1, 0.15) is 79.6 Å². The number of ether oxygens (including phenoxy) is 6. The molecular weight excluding hydrogens is 733 g/mol. The summed E-state index contributed by atoms with van der Waals surface area (Å²) in [6, 6.07) is 14.6. The van der Waals surface area contributed by atoms with Gasteiger partial charge in [-0.2, -0.15) is 0 Å². The molecule has 1 aromatic rings. The van der Waals surface area contributed by atoms with Crippen molar-refractivity contribution >= 4 is 36.9 Å². The second-order valence-electron chi connectivity index (χ2n) is 14.3. The van der Waals surface area contributed by atoms with Gasteiger partial charge in [0.25, 0.3) is 0 Å². The Bertz CT molecular complexity index is 1230. The van der Waals surface area contributed by atoms with Crippen LogP contribution in [0.4, 0.5) is 0 Å². The second kappa shape index (κ2) is 21.0. The van der Waals surface area contributed by atoms with Crippen LogP contribution < -0.4 is 4.74 Å². The van der Waals surface area contributed by atoms with Crippen LogP contribution >= 0.6 is 0 Å². The van der Waals surface area contributed by atoms with Gasteiger partial charge in [0, 0.05) is 6.92 Å². The summed E-state index contributed by atoms with van der Waals surface area (Å²) in [5, 5.41) is 11.1. The van der Waals surface area contributed by atoms with Crippen molar-refractivity contribution in [2.75, 3.05) is 20.3 Å². The molecule has 2 aliphatic heterocycles. The van der Waals surface area contributed by atoms with E-state index in [-0.39, 0.29) is 13.2 Å². The molecule has 3 rings (SSSR count). The minimum Gasteiger partial charge on any atom is -0.497 e. The maximum absolute atomic E-state index is 14.1. The Hall–Kier alpha value is -1.67. The first kappa shape index (κ1) is 45.7. The van der Waals surface area contributed by atoms with Gasteiger partial charge in [0.2, 0.25) is 0 Å². The molecule has 0 aliphatic carbocycles. The van der Waals surface area contributed by atoms with Crippen molar-refractivity contribution in [2.24, 2.45) is 0 Å². The Morgan fingerprint density at radius 3 is 1.55 bits per heavy atom. The van der Waals surface area contributed by atoms with Crippen molar-refractivity contribution in [1.82, 2.24) is 0 Å². The van der Waals surface area contributed by atoms with Crippen molar-refractivity contribution in [2.45, 2.75) is 173 Å². The van der Waals surface area contributed by atoms with Gasteiger partial charge in [-0.15, -0.1) is 0 Å². The third kappa shape index (κ3) is 11.2. The lowest BCUT2D eigenvalue weighted by molar-refractivity contribution is -0.326. The van der Waals surface area contributed by atoms with Crippen molar-refractivity contribution in [1.29, 1.82) is 0 Å². The molecule has 53 heavy (non-hydrogen) atoms. The number of aliphatic hydroxyl groups excluding tert-OH is 1. The third-order valence-corrected chi connectivity index (χ3v) is 25.9. The van der Waals surface area contributed by atoms with Crippen LogP contribution in [0.25, 0.3) is 0 Å². The zero-order valence-corrected chi connectivity index (χ0v) is 37.1. The minimum absolute atomic E-state index is 0.0161. The number of benzene rings is 1. The predicted octanol–water partition coefficient (Wildman–Crippen LogP) is 7.41. The monoisotopic (exact) mass is 800 g/mol. The molecule has 0 saturated carbocycles. The van der Waals surface area contributed by atoms with Crippen molar-refractivity contribution in [3.63, 3.8) is 0 Å². The smallest absolute Gasteiger partial charge is 0.338 e. The molecule has 0 spiro atoms. The maximum Gasteiger partial charge on any atom is 0.338 e. The number of methoxy groups -OCH3 is 1. The summed E-state index contributed by atoms with van der Waals surface area (Å²) in [5.74, 6) is -0.589. The first-order chi connectivity index (χ1) is 25.3. The lowest BCUT2D eigenvalue weighted by Crippen LogP contribution is -2.65. The van der Waals surface area contributed by atoms with Gasteiger partial charge < -0.3 is 46.8 Å². The molecular formula is C38H68O12Si3. The third-order valence-electron chi connectivity index (χ3n) is 11.9. The van der Waals surface area contributed by atoms with Gasteiger partial charge in [-0.25, -0.2) is 4.79 Å². The number of hydrogen-bond donors (Lipinski definition) is 1. The Morgan fingerprint density at radius 2 is 1.09 bits per heavy atom. The molecule has 1 unspecified atom stereocenters. The average Bonchev–Trinajstić information content (AvgIpc) is 3.18. The van der Waals surface area contributed by atoms with E-state index in [1.807, 2.05) is 0 Å². The Morgan fingerprint density at radius 1 is 0.642 bits per heavy atom. The van der Waals surface area contributed by atoms with Crippen LogP contribution in [-0.2, 0) is 41.8 Å². The highest BCUT2D eigenvalue weighted by atomic mass is 28.4. The molecule has 2 saturated heterocycles. The van der Waals surface area contributed by atoms with Crippen LogP contribution in [-0.4, -0.2) is 112 Å². The van der Waals surface area contributed by atoms with E-state index < -0.39 is 86.1 Å². The molecule has 2 fully saturated rings. The lowest BCUT2D eigenvalue weighted by Gasteiger charge is -2.49.